The molecule has 2 aromatic rings. The zero-order valence-electron chi connectivity index (χ0n) is 10.1. The Bertz CT molecular complexity index is 514. The second-order valence-corrected chi connectivity index (χ2v) is 4.10. The van der Waals surface area contributed by atoms with E-state index < -0.39 is 12.4 Å². The SMILES string of the molecule is F[B-](F)(F)c1ccc(OCCc2ccncc2)cc1. The van der Waals surface area contributed by atoms with E-state index in [2.05, 4.69) is 4.98 Å². The zero-order valence-corrected chi connectivity index (χ0v) is 10.1. The van der Waals surface area contributed by atoms with Gasteiger partial charge in [0.1, 0.15) is 5.75 Å². The van der Waals surface area contributed by atoms with Crippen molar-refractivity contribution < 1.29 is 17.7 Å². The average Bonchev–Trinajstić information content (AvgIpc) is 2.39. The summed E-state index contributed by atoms with van der Waals surface area (Å²) in [5.74, 6) is 0.442. The van der Waals surface area contributed by atoms with Gasteiger partial charge >= 0.3 is 6.98 Å². The van der Waals surface area contributed by atoms with Gasteiger partial charge < -0.3 is 17.7 Å². The number of ether oxygens (including phenoxy) is 1. The van der Waals surface area contributed by atoms with Gasteiger partial charge in [-0.15, -0.1) is 5.46 Å². The molecule has 0 N–H and O–H groups in total. The molecule has 1 aromatic heterocycles. The molecular weight excluding hydrogens is 254 g/mol. The number of hydrogen-bond donors (Lipinski definition) is 0. The first-order valence-corrected chi connectivity index (χ1v) is 5.87. The molecule has 2 rings (SSSR count). The number of aromatic nitrogens is 1. The van der Waals surface area contributed by atoms with E-state index >= 15 is 0 Å². The van der Waals surface area contributed by atoms with Crippen LogP contribution in [-0.2, 0) is 6.42 Å². The molecule has 0 fully saturated rings. The van der Waals surface area contributed by atoms with Crippen LogP contribution in [0, 0.1) is 0 Å². The third-order valence-electron chi connectivity index (χ3n) is 2.67. The fraction of sp³-hybridized carbons (Fsp3) is 0.154. The van der Waals surface area contributed by atoms with Crippen molar-refractivity contribution in [1.29, 1.82) is 0 Å². The molecule has 100 valence electrons. The van der Waals surface area contributed by atoms with Gasteiger partial charge in [0.05, 0.1) is 6.61 Å². The van der Waals surface area contributed by atoms with Crippen molar-refractivity contribution >= 4 is 12.4 Å². The summed E-state index contributed by atoms with van der Waals surface area (Å²) in [6, 6.07) is 8.52. The lowest BCUT2D eigenvalue weighted by Crippen LogP contribution is -2.33. The quantitative estimate of drug-likeness (QED) is 0.776. The molecule has 1 heterocycles. The van der Waals surface area contributed by atoms with Crippen molar-refractivity contribution in [2.75, 3.05) is 6.61 Å². The highest BCUT2D eigenvalue weighted by atomic mass is 19.4. The minimum Gasteiger partial charge on any atom is -0.493 e. The Morgan fingerprint density at radius 1 is 0.947 bits per heavy atom. The molecule has 0 aliphatic carbocycles. The second-order valence-electron chi connectivity index (χ2n) is 4.10. The van der Waals surface area contributed by atoms with E-state index in [-0.39, 0.29) is 0 Å². The Labute approximate surface area is 109 Å². The van der Waals surface area contributed by atoms with Crippen molar-refractivity contribution in [3.8, 4) is 5.75 Å². The van der Waals surface area contributed by atoms with Crippen LogP contribution in [0.5, 0.6) is 5.75 Å². The Balaban J connectivity index is 1.87. The van der Waals surface area contributed by atoms with Gasteiger partial charge in [-0.05, 0) is 29.8 Å². The lowest BCUT2D eigenvalue weighted by molar-refractivity contribution is 0.322. The molecule has 0 spiro atoms. The number of nitrogens with zero attached hydrogens (tertiary/aromatic N) is 1. The average molecular weight is 266 g/mol. The summed E-state index contributed by atoms with van der Waals surface area (Å²) in [6.07, 6.45) is 4.07. The first kappa shape index (κ1) is 13.5. The molecule has 0 saturated heterocycles. The number of rotatable bonds is 5. The maximum absolute atomic E-state index is 12.4. The fourth-order valence-corrected chi connectivity index (χ4v) is 1.62. The second kappa shape index (κ2) is 5.78. The maximum atomic E-state index is 12.4. The molecule has 0 aliphatic heterocycles. The van der Waals surface area contributed by atoms with E-state index in [1.807, 2.05) is 12.1 Å². The van der Waals surface area contributed by atoms with Crippen LogP contribution < -0.4 is 10.2 Å². The molecule has 19 heavy (non-hydrogen) atoms. The van der Waals surface area contributed by atoms with E-state index in [0.717, 1.165) is 17.7 Å². The van der Waals surface area contributed by atoms with Gasteiger partial charge in [0.25, 0.3) is 0 Å². The smallest absolute Gasteiger partial charge is 0.493 e. The number of pyridine rings is 1. The van der Waals surface area contributed by atoms with Crippen LogP contribution in [0.15, 0.2) is 48.8 Å². The van der Waals surface area contributed by atoms with Crippen LogP contribution in [0.4, 0.5) is 12.9 Å². The van der Waals surface area contributed by atoms with Gasteiger partial charge in [-0.25, -0.2) is 0 Å². The summed E-state index contributed by atoms with van der Waals surface area (Å²) in [5, 5.41) is 0. The Morgan fingerprint density at radius 2 is 1.58 bits per heavy atom. The van der Waals surface area contributed by atoms with Gasteiger partial charge in [0.2, 0.25) is 0 Å². The van der Waals surface area contributed by atoms with E-state index in [4.69, 9.17) is 4.74 Å². The largest absolute Gasteiger partial charge is 0.509 e. The predicted octanol–water partition coefficient (Wildman–Crippen LogP) is 2.76. The van der Waals surface area contributed by atoms with E-state index in [1.54, 1.807) is 12.4 Å². The summed E-state index contributed by atoms with van der Waals surface area (Å²) in [7, 11) is 0. The summed E-state index contributed by atoms with van der Waals surface area (Å²) in [4.78, 5) is 3.90. The highest BCUT2D eigenvalue weighted by Gasteiger charge is 2.24. The normalized spacial score (nSPS) is 11.3. The minimum absolute atomic E-state index is 0.417. The van der Waals surface area contributed by atoms with Crippen molar-refractivity contribution in [2.24, 2.45) is 0 Å². The lowest BCUT2D eigenvalue weighted by Gasteiger charge is -2.15. The van der Waals surface area contributed by atoms with E-state index in [9.17, 15) is 12.9 Å². The summed E-state index contributed by atoms with van der Waals surface area (Å²) >= 11 is 0. The van der Waals surface area contributed by atoms with Crippen LogP contribution in [0.1, 0.15) is 5.56 Å². The topological polar surface area (TPSA) is 22.1 Å². The maximum Gasteiger partial charge on any atom is 0.509 e. The van der Waals surface area contributed by atoms with Crippen molar-refractivity contribution in [2.45, 2.75) is 6.42 Å². The molecule has 2 nitrogen and oxygen atoms in total. The Morgan fingerprint density at radius 3 is 2.16 bits per heavy atom. The summed E-state index contributed by atoms with van der Waals surface area (Å²) < 4.78 is 42.6. The zero-order chi connectivity index (χ0) is 13.7. The summed E-state index contributed by atoms with van der Waals surface area (Å²) in [5.41, 5.74) is 0.465. The highest BCUT2D eigenvalue weighted by Crippen LogP contribution is 2.13. The molecular formula is C13H12BF3NO-. The Hall–Kier alpha value is -1.98. The highest BCUT2D eigenvalue weighted by molar-refractivity contribution is 6.73. The van der Waals surface area contributed by atoms with Crippen LogP contribution in [0.2, 0.25) is 0 Å². The van der Waals surface area contributed by atoms with Gasteiger partial charge in [-0.3, -0.25) is 4.98 Å². The van der Waals surface area contributed by atoms with Crippen LogP contribution in [0.3, 0.4) is 0 Å². The molecule has 0 unspecified atom stereocenters. The standard InChI is InChI=1S/C13H12BF3NO/c15-14(16,17)12-1-3-13(4-2-12)19-10-7-11-5-8-18-9-6-11/h1-6,8-9H,7,10H2/q-1. The molecule has 0 amide bonds. The Kier molecular flexibility index (Phi) is 4.09. The van der Waals surface area contributed by atoms with Gasteiger partial charge in [-0.2, -0.15) is 0 Å². The number of halogens is 3. The number of hydrogen-bond acceptors (Lipinski definition) is 2. The number of benzene rings is 1. The fourth-order valence-electron chi connectivity index (χ4n) is 1.62. The molecule has 0 bridgehead atoms. The van der Waals surface area contributed by atoms with Crippen LogP contribution in [0.25, 0.3) is 0 Å². The molecule has 6 heteroatoms. The van der Waals surface area contributed by atoms with Crippen LogP contribution >= 0.6 is 0 Å². The minimum atomic E-state index is -4.94. The van der Waals surface area contributed by atoms with E-state index in [0.29, 0.717) is 18.8 Å². The third kappa shape index (κ3) is 4.01. The monoisotopic (exact) mass is 266 g/mol. The van der Waals surface area contributed by atoms with Gasteiger partial charge in [0.15, 0.2) is 0 Å². The van der Waals surface area contributed by atoms with Gasteiger partial charge in [-0.1, -0.05) is 12.1 Å². The molecule has 0 saturated carbocycles. The summed E-state index contributed by atoms with van der Waals surface area (Å²) in [6.45, 7) is -4.52. The first-order chi connectivity index (χ1) is 9.05. The van der Waals surface area contributed by atoms with Gasteiger partial charge in [0, 0.05) is 18.8 Å². The lowest BCUT2D eigenvalue weighted by atomic mass is 9.80. The molecule has 0 aliphatic rings. The molecule has 1 aromatic carbocycles. The molecule has 0 atom stereocenters. The van der Waals surface area contributed by atoms with Crippen molar-refractivity contribution in [3.05, 3.63) is 54.4 Å². The predicted molar refractivity (Wildman–Crippen MR) is 68.6 cm³/mol. The third-order valence-corrected chi connectivity index (χ3v) is 2.67. The first-order valence-electron chi connectivity index (χ1n) is 5.87. The van der Waals surface area contributed by atoms with E-state index in [1.165, 1.54) is 12.1 Å². The van der Waals surface area contributed by atoms with Crippen molar-refractivity contribution in [1.82, 2.24) is 4.98 Å². The van der Waals surface area contributed by atoms with Crippen LogP contribution in [-0.4, -0.2) is 18.6 Å². The molecule has 0 radical (unpaired) electrons. The van der Waals surface area contributed by atoms with Crippen molar-refractivity contribution in [3.63, 3.8) is 0 Å².